The Morgan fingerprint density at radius 1 is 1.50 bits per heavy atom. The van der Waals surface area contributed by atoms with Gasteiger partial charge >= 0.3 is 0 Å². The molecule has 2 atom stereocenters. The van der Waals surface area contributed by atoms with E-state index in [1.165, 1.54) is 0 Å². The van der Waals surface area contributed by atoms with Crippen molar-refractivity contribution in [2.45, 2.75) is 25.5 Å². The third-order valence-electron chi connectivity index (χ3n) is 1.84. The SMILES string of the molecule is CC(O)C(N)Cc1ccncc1. The van der Waals surface area contributed by atoms with Crippen molar-refractivity contribution in [1.82, 2.24) is 4.98 Å². The predicted molar refractivity (Wildman–Crippen MR) is 47.6 cm³/mol. The van der Waals surface area contributed by atoms with Gasteiger partial charge in [-0.2, -0.15) is 0 Å². The summed E-state index contributed by atoms with van der Waals surface area (Å²) < 4.78 is 0. The van der Waals surface area contributed by atoms with Gasteiger partial charge < -0.3 is 10.8 Å². The largest absolute Gasteiger partial charge is 0.392 e. The molecule has 3 heteroatoms. The van der Waals surface area contributed by atoms with Gasteiger partial charge in [0.2, 0.25) is 0 Å². The highest BCUT2D eigenvalue weighted by molar-refractivity contribution is 5.11. The van der Waals surface area contributed by atoms with Gasteiger partial charge in [-0.05, 0) is 31.0 Å². The maximum absolute atomic E-state index is 9.14. The Labute approximate surface area is 72.2 Å². The van der Waals surface area contributed by atoms with Gasteiger partial charge in [-0.15, -0.1) is 0 Å². The molecule has 1 heterocycles. The Morgan fingerprint density at radius 2 is 2.08 bits per heavy atom. The molecule has 3 nitrogen and oxygen atoms in total. The summed E-state index contributed by atoms with van der Waals surface area (Å²) in [7, 11) is 0. The standard InChI is InChI=1S/C9H14N2O/c1-7(12)9(10)6-8-2-4-11-5-3-8/h2-5,7,9,12H,6,10H2,1H3. The lowest BCUT2D eigenvalue weighted by atomic mass is 10.0. The van der Waals surface area contributed by atoms with E-state index in [0.717, 1.165) is 5.56 Å². The molecular weight excluding hydrogens is 152 g/mol. The third kappa shape index (κ3) is 2.60. The lowest BCUT2D eigenvalue weighted by Gasteiger charge is -2.13. The van der Waals surface area contributed by atoms with Crippen LogP contribution in [0.15, 0.2) is 24.5 Å². The number of nitrogens with two attached hydrogens (primary N) is 1. The van der Waals surface area contributed by atoms with E-state index in [4.69, 9.17) is 10.8 Å². The van der Waals surface area contributed by atoms with Crippen molar-refractivity contribution in [3.63, 3.8) is 0 Å². The van der Waals surface area contributed by atoms with Crippen LogP contribution < -0.4 is 5.73 Å². The molecule has 0 aliphatic rings. The van der Waals surface area contributed by atoms with Gasteiger partial charge in [-0.25, -0.2) is 0 Å². The number of aromatic nitrogens is 1. The second-order valence-corrected chi connectivity index (χ2v) is 2.96. The molecule has 0 saturated carbocycles. The van der Waals surface area contributed by atoms with Crippen molar-refractivity contribution in [1.29, 1.82) is 0 Å². The van der Waals surface area contributed by atoms with E-state index in [9.17, 15) is 0 Å². The fourth-order valence-corrected chi connectivity index (χ4v) is 0.962. The van der Waals surface area contributed by atoms with Crippen LogP contribution in [0.2, 0.25) is 0 Å². The van der Waals surface area contributed by atoms with Gasteiger partial charge in [0, 0.05) is 18.4 Å². The molecule has 0 aromatic carbocycles. The quantitative estimate of drug-likeness (QED) is 0.680. The number of rotatable bonds is 3. The molecule has 1 aromatic rings. The number of aliphatic hydroxyl groups excluding tert-OH is 1. The first-order valence-electron chi connectivity index (χ1n) is 4.02. The normalized spacial score (nSPS) is 15.6. The minimum absolute atomic E-state index is 0.188. The van der Waals surface area contributed by atoms with Gasteiger partial charge in [-0.3, -0.25) is 4.98 Å². The molecule has 0 aliphatic heterocycles. The summed E-state index contributed by atoms with van der Waals surface area (Å²) in [6.45, 7) is 1.70. The molecule has 0 fully saturated rings. The van der Waals surface area contributed by atoms with Crippen molar-refractivity contribution in [3.05, 3.63) is 30.1 Å². The Hall–Kier alpha value is -0.930. The van der Waals surface area contributed by atoms with Crippen molar-refractivity contribution >= 4 is 0 Å². The van der Waals surface area contributed by atoms with Crippen molar-refractivity contribution in [2.75, 3.05) is 0 Å². The molecule has 0 saturated heterocycles. The molecule has 0 spiro atoms. The number of aliphatic hydroxyl groups is 1. The van der Waals surface area contributed by atoms with E-state index >= 15 is 0 Å². The zero-order valence-corrected chi connectivity index (χ0v) is 7.14. The topological polar surface area (TPSA) is 59.1 Å². The van der Waals surface area contributed by atoms with Gasteiger partial charge in [0.05, 0.1) is 6.10 Å². The number of nitrogens with zero attached hydrogens (tertiary/aromatic N) is 1. The van der Waals surface area contributed by atoms with Crippen molar-refractivity contribution in [2.24, 2.45) is 5.73 Å². The predicted octanol–water partition coefficient (Wildman–Crippen LogP) is 0.332. The maximum Gasteiger partial charge on any atom is 0.0666 e. The minimum Gasteiger partial charge on any atom is -0.392 e. The summed E-state index contributed by atoms with van der Waals surface area (Å²) in [5.74, 6) is 0. The molecule has 0 radical (unpaired) electrons. The molecule has 0 amide bonds. The summed E-state index contributed by atoms with van der Waals surface area (Å²) in [6, 6.07) is 3.62. The average molecular weight is 166 g/mol. The molecule has 0 aliphatic carbocycles. The van der Waals surface area contributed by atoms with E-state index in [2.05, 4.69) is 4.98 Å². The van der Waals surface area contributed by atoms with Gasteiger partial charge in [0.1, 0.15) is 0 Å². The van der Waals surface area contributed by atoms with Crippen LogP contribution in [0.5, 0.6) is 0 Å². The molecular formula is C9H14N2O. The Balaban J connectivity index is 2.53. The van der Waals surface area contributed by atoms with Crippen LogP contribution in [-0.4, -0.2) is 22.2 Å². The van der Waals surface area contributed by atoms with Crippen molar-refractivity contribution < 1.29 is 5.11 Å². The second kappa shape index (κ2) is 4.18. The van der Waals surface area contributed by atoms with Crippen LogP contribution in [-0.2, 0) is 6.42 Å². The van der Waals surface area contributed by atoms with E-state index in [1.54, 1.807) is 19.3 Å². The van der Waals surface area contributed by atoms with Crippen LogP contribution >= 0.6 is 0 Å². The van der Waals surface area contributed by atoms with E-state index in [0.29, 0.717) is 6.42 Å². The molecule has 66 valence electrons. The molecule has 0 bridgehead atoms. The van der Waals surface area contributed by atoms with Crippen LogP contribution in [0.3, 0.4) is 0 Å². The highest BCUT2D eigenvalue weighted by atomic mass is 16.3. The third-order valence-corrected chi connectivity index (χ3v) is 1.84. The van der Waals surface area contributed by atoms with E-state index in [-0.39, 0.29) is 6.04 Å². The molecule has 3 N–H and O–H groups in total. The zero-order valence-electron chi connectivity index (χ0n) is 7.14. The highest BCUT2D eigenvalue weighted by Gasteiger charge is 2.08. The average Bonchev–Trinajstić information content (AvgIpc) is 2.06. The summed E-state index contributed by atoms with van der Waals surface area (Å²) >= 11 is 0. The fourth-order valence-electron chi connectivity index (χ4n) is 0.962. The summed E-state index contributed by atoms with van der Waals surface area (Å²) in [6.07, 6.45) is 3.69. The molecule has 12 heavy (non-hydrogen) atoms. The molecule has 2 unspecified atom stereocenters. The van der Waals surface area contributed by atoms with Crippen LogP contribution in [0.4, 0.5) is 0 Å². The van der Waals surface area contributed by atoms with Gasteiger partial charge in [0.15, 0.2) is 0 Å². The summed E-state index contributed by atoms with van der Waals surface area (Å²) in [5.41, 5.74) is 6.79. The van der Waals surface area contributed by atoms with E-state index < -0.39 is 6.10 Å². The first kappa shape index (κ1) is 9.16. The Kier molecular flexibility index (Phi) is 3.19. The smallest absolute Gasteiger partial charge is 0.0666 e. The first-order valence-corrected chi connectivity index (χ1v) is 4.02. The second-order valence-electron chi connectivity index (χ2n) is 2.96. The maximum atomic E-state index is 9.14. The number of hydrogen-bond donors (Lipinski definition) is 2. The van der Waals surface area contributed by atoms with Crippen LogP contribution in [0, 0.1) is 0 Å². The van der Waals surface area contributed by atoms with Gasteiger partial charge in [0.25, 0.3) is 0 Å². The summed E-state index contributed by atoms with van der Waals surface area (Å²) in [4.78, 5) is 3.89. The Morgan fingerprint density at radius 3 is 2.58 bits per heavy atom. The zero-order chi connectivity index (χ0) is 8.97. The minimum atomic E-state index is -0.460. The lowest BCUT2D eigenvalue weighted by Crippen LogP contribution is -2.34. The van der Waals surface area contributed by atoms with Crippen LogP contribution in [0.1, 0.15) is 12.5 Å². The number of pyridine rings is 1. The fraction of sp³-hybridized carbons (Fsp3) is 0.444. The highest BCUT2D eigenvalue weighted by Crippen LogP contribution is 2.02. The monoisotopic (exact) mass is 166 g/mol. The summed E-state index contributed by atoms with van der Waals surface area (Å²) in [5, 5.41) is 9.14. The van der Waals surface area contributed by atoms with Crippen LogP contribution in [0.25, 0.3) is 0 Å². The lowest BCUT2D eigenvalue weighted by molar-refractivity contribution is 0.163. The number of hydrogen-bond acceptors (Lipinski definition) is 3. The van der Waals surface area contributed by atoms with E-state index in [1.807, 2.05) is 12.1 Å². The Bertz CT molecular complexity index is 223. The molecule has 1 aromatic heterocycles. The van der Waals surface area contributed by atoms with Crippen molar-refractivity contribution in [3.8, 4) is 0 Å². The van der Waals surface area contributed by atoms with Gasteiger partial charge in [-0.1, -0.05) is 0 Å². The first-order chi connectivity index (χ1) is 5.70. The molecule has 1 rings (SSSR count).